The second-order valence-corrected chi connectivity index (χ2v) is 8.21. The first kappa shape index (κ1) is 19.6. The molecule has 3 rings (SSSR count). The van der Waals surface area contributed by atoms with Crippen LogP contribution in [0.1, 0.15) is 17.5 Å². The van der Waals surface area contributed by atoms with E-state index >= 15 is 0 Å². The lowest BCUT2D eigenvalue weighted by molar-refractivity contribution is -0.116. The molecule has 5 nitrogen and oxygen atoms in total. The molecule has 0 heterocycles. The molecule has 0 aliphatic heterocycles. The summed E-state index contributed by atoms with van der Waals surface area (Å²) in [5, 5.41) is 2.82. The number of nitrogens with one attached hydrogen (secondary N) is 2. The van der Waals surface area contributed by atoms with Crippen LogP contribution in [0.2, 0.25) is 0 Å². The van der Waals surface area contributed by atoms with E-state index in [-0.39, 0.29) is 10.8 Å². The van der Waals surface area contributed by atoms with Crippen molar-refractivity contribution in [3.63, 3.8) is 0 Å². The first-order chi connectivity index (χ1) is 13.4. The van der Waals surface area contributed by atoms with Gasteiger partial charge in [0.2, 0.25) is 5.91 Å². The maximum Gasteiger partial charge on any atom is 0.261 e. The fourth-order valence-corrected chi connectivity index (χ4v) is 3.74. The molecule has 0 fully saturated rings. The SMILES string of the molecule is Cc1ccc(S(=O)(=O)Nc2ccc(NC(=O)CCc3ccccc3)cc2)cc1. The van der Waals surface area contributed by atoms with Gasteiger partial charge in [0.05, 0.1) is 4.90 Å². The lowest BCUT2D eigenvalue weighted by Gasteiger charge is -2.10. The third-order valence-corrected chi connectivity index (χ3v) is 5.63. The van der Waals surface area contributed by atoms with Crippen molar-refractivity contribution in [3.8, 4) is 0 Å². The quantitative estimate of drug-likeness (QED) is 0.625. The van der Waals surface area contributed by atoms with Crippen molar-refractivity contribution in [2.24, 2.45) is 0 Å². The van der Waals surface area contributed by atoms with Gasteiger partial charge in [-0.1, -0.05) is 48.0 Å². The average Bonchev–Trinajstić information content (AvgIpc) is 2.69. The van der Waals surface area contributed by atoms with Crippen LogP contribution >= 0.6 is 0 Å². The molecule has 0 spiro atoms. The Morgan fingerprint density at radius 1 is 0.821 bits per heavy atom. The monoisotopic (exact) mass is 394 g/mol. The van der Waals surface area contributed by atoms with Crippen molar-refractivity contribution in [2.45, 2.75) is 24.7 Å². The number of rotatable bonds is 7. The Kier molecular flexibility index (Phi) is 6.11. The van der Waals surface area contributed by atoms with E-state index in [2.05, 4.69) is 10.0 Å². The summed E-state index contributed by atoms with van der Waals surface area (Å²) in [6.45, 7) is 1.90. The molecule has 0 unspecified atom stereocenters. The highest BCUT2D eigenvalue weighted by molar-refractivity contribution is 7.92. The molecule has 144 valence electrons. The Labute approximate surface area is 165 Å². The number of carbonyl (C=O) groups is 1. The molecule has 2 N–H and O–H groups in total. The highest BCUT2D eigenvalue weighted by Crippen LogP contribution is 2.19. The predicted molar refractivity (Wildman–Crippen MR) is 112 cm³/mol. The second kappa shape index (κ2) is 8.71. The zero-order valence-electron chi connectivity index (χ0n) is 15.6. The number of carbonyl (C=O) groups excluding carboxylic acids is 1. The maximum absolute atomic E-state index is 12.4. The van der Waals surface area contributed by atoms with Crippen molar-refractivity contribution >= 4 is 27.3 Å². The Hall–Kier alpha value is -3.12. The van der Waals surface area contributed by atoms with E-state index in [0.717, 1.165) is 11.1 Å². The highest BCUT2D eigenvalue weighted by atomic mass is 32.2. The summed E-state index contributed by atoms with van der Waals surface area (Å²) in [7, 11) is -3.64. The van der Waals surface area contributed by atoms with Crippen LogP contribution in [0.25, 0.3) is 0 Å². The Bertz CT molecular complexity index is 1030. The fourth-order valence-electron chi connectivity index (χ4n) is 2.68. The van der Waals surface area contributed by atoms with E-state index in [0.29, 0.717) is 24.2 Å². The van der Waals surface area contributed by atoms with Crippen LogP contribution in [0.5, 0.6) is 0 Å². The van der Waals surface area contributed by atoms with Gasteiger partial charge >= 0.3 is 0 Å². The summed E-state index contributed by atoms with van der Waals surface area (Å²) in [5.41, 5.74) is 3.16. The molecular weight excluding hydrogens is 372 g/mol. The molecule has 0 aliphatic carbocycles. The van der Waals surface area contributed by atoms with Crippen LogP contribution in [0, 0.1) is 6.92 Å². The van der Waals surface area contributed by atoms with E-state index in [1.165, 1.54) is 0 Å². The third kappa shape index (κ3) is 5.44. The molecule has 3 aromatic carbocycles. The van der Waals surface area contributed by atoms with Crippen molar-refractivity contribution in [1.29, 1.82) is 0 Å². The fraction of sp³-hybridized carbons (Fsp3) is 0.136. The first-order valence-corrected chi connectivity index (χ1v) is 10.4. The summed E-state index contributed by atoms with van der Waals surface area (Å²) in [4.78, 5) is 12.3. The van der Waals surface area contributed by atoms with Gasteiger partial charge < -0.3 is 5.32 Å². The van der Waals surface area contributed by atoms with Gasteiger partial charge in [-0.2, -0.15) is 0 Å². The second-order valence-electron chi connectivity index (χ2n) is 6.53. The summed E-state index contributed by atoms with van der Waals surface area (Å²) in [5.74, 6) is -0.0863. The highest BCUT2D eigenvalue weighted by Gasteiger charge is 2.13. The number of benzene rings is 3. The molecule has 0 saturated carbocycles. The van der Waals surface area contributed by atoms with Crippen LogP contribution < -0.4 is 10.0 Å². The minimum absolute atomic E-state index is 0.0863. The van der Waals surface area contributed by atoms with Crippen molar-refractivity contribution in [3.05, 3.63) is 90.0 Å². The van der Waals surface area contributed by atoms with E-state index in [1.807, 2.05) is 37.3 Å². The van der Waals surface area contributed by atoms with Crippen molar-refractivity contribution in [1.82, 2.24) is 0 Å². The number of aryl methyl sites for hydroxylation is 2. The zero-order chi connectivity index (χ0) is 20.0. The van der Waals surface area contributed by atoms with Crippen LogP contribution in [-0.2, 0) is 21.2 Å². The summed E-state index contributed by atoms with van der Waals surface area (Å²) >= 11 is 0. The standard InChI is InChI=1S/C22H22N2O3S/c1-17-7-14-21(15-8-17)28(26,27)24-20-12-10-19(11-13-20)23-22(25)16-9-18-5-3-2-4-6-18/h2-8,10-15,24H,9,16H2,1H3,(H,23,25). The van der Waals surface area contributed by atoms with Crippen LogP contribution in [0.4, 0.5) is 11.4 Å². The summed E-state index contributed by atoms with van der Waals surface area (Å²) in [6, 6.07) is 23.1. The van der Waals surface area contributed by atoms with E-state index in [4.69, 9.17) is 0 Å². The van der Waals surface area contributed by atoms with Gasteiger partial charge in [0, 0.05) is 17.8 Å². The average molecular weight is 394 g/mol. The molecule has 0 saturated heterocycles. The Balaban J connectivity index is 1.57. The molecule has 3 aromatic rings. The molecule has 0 atom stereocenters. The third-order valence-electron chi connectivity index (χ3n) is 4.24. The first-order valence-electron chi connectivity index (χ1n) is 8.96. The van der Waals surface area contributed by atoms with Gasteiger partial charge in [0.1, 0.15) is 0 Å². The minimum atomic E-state index is -3.64. The van der Waals surface area contributed by atoms with Gasteiger partial charge in [-0.3, -0.25) is 9.52 Å². The number of hydrogen-bond donors (Lipinski definition) is 2. The number of anilines is 2. The lowest BCUT2D eigenvalue weighted by atomic mass is 10.1. The van der Waals surface area contributed by atoms with Crippen molar-refractivity contribution < 1.29 is 13.2 Å². The number of sulfonamides is 1. The van der Waals surface area contributed by atoms with Gasteiger partial charge in [-0.25, -0.2) is 8.42 Å². The van der Waals surface area contributed by atoms with Crippen LogP contribution in [-0.4, -0.2) is 14.3 Å². The molecule has 0 aliphatic rings. The maximum atomic E-state index is 12.4. The Morgan fingerprint density at radius 3 is 2.07 bits per heavy atom. The molecule has 6 heteroatoms. The molecule has 1 amide bonds. The summed E-state index contributed by atoms with van der Waals surface area (Å²) < 4.78 is 27.4. The van der Waals surface area contributed by atoms with Crippen molar-refractivity contribution in [2.75, 3.05) is 10.0 Å². The largest absolute Gasteiger partial charge is 0.326 e. The smallest absolute Gasteiger partial charge is 0.261 e. The van der Waals surface area contributed by atoms with Gasteiger partial charge in [0.15, 0.2) is 0 Å². The predicted octanol–water partition coefficient (Wildman–Crippen LogP) is 4.37. The van der Waals surface area contributed by atoms with Gasteiger partial charge in [-0.15, -0.1) is 0 Å². The molecule has 0 bridgehead atoms. The van der Waals surface area contributed by atoms with Gasteiger partial charge in [0.25, 0.3) is 10.0 Å². The minimum Gasteiger partial charge on any atom is -0.326 e. The number of hydrogen-bond acceptors (Lipinski definition) is 3. The zero-order valence-corrected chi connectivity index (χ0v) is 16.4. The van der Waals surface area contributed by atoms with Gasteiger partial charge in [-0.05, 0) is 55.3 Å². The normalized spacial score (nSPS) is 11.0. The lowest BCUT2D eigenvalue weighted by Crippen LogP contribution is -2.14. The van der Waals surface area contributed by atoms with E-state index in [1.54, 1.807) is 48.5 Å². The molecule has 28 heavy (non-hydrogen) atoms. The van der Waals surface area contributed by atoms with E-state index in [9.17, 15) is 13.2 Å². The van der Waals surface area contributed by atoms with Crippen LogP contribution in [0.15, 0.2) is 83.8 Å². The molecular formula is C22H22N2O3S. The molecule has 0 aromatic heterocycles. The molecule has 0 radical (unpaired) electrons. The van der Waals surface area contributed by atoms with E-state index < -0.39 is 10.0 Å². The van der Waals surface area contributed by atoms with Crippen LogP contribution in [0.3, 0.4) is 0 Å². The number of amides is 1. The topological polar surface area (TPSA) is 75.3 Å². The summed E-state index contributed by atoms with van der Waals surface area (Å²) in [6.07, 6.45) is 1.05. The Morgan fingerprint density at radius 2 is 1.43 bits per heavy atom.